The number of nitrogens with zero attached hydrogens (tertiary/aromatic N) is 1. The van der Waals surface area contributed by atoms with Crippen LogP contribution in [0.25, 0.3) is 0 Å². The van der Waals surface area contributed by atoms with Crippen LogP contribution in [-0.2, 0) is 16.6 Å². The van der Waals surface area contributed by atoms with Crippen molar-refractivity contribution < 1.29 is 17.5 Å². The van der Waals surface area contributed by atoms with Crippen LogP contribution in [0.15, 0.2) is 83.8 Å². The third-order valence-corrected chi connectivity index (χ3v) is 5.68. The molecule has 0 bridgehead atoms. The fraction of sp³-hybridized carbons (Fsp3) is 0.100. The van der Waals surface area contributed by atoms with Crippen LogP contribution in [0.5, 0.6) is 5.75 Å². The van der Waals surface area contributed by atoms with Gasteiger partial charge in [0.2, 0.25) is 0 Å². The van der Waals surface area contributed by atoms with Gasteiger partial charge in [-0.15, -0.1) is 0 Å². The zero-order chi connectivity index (χ0) is 18.6. The van der Waals surface area contributed by atoms with Gasteiger partial charge in [-0.3, -0.25) is 4.31 Å². The molecule has 3 aromatic carbocycles. The van der Waals surface area contributed by atoms with E-state index < -0.39 is 15.8 Å². The van der Waals surface area contributed by atoms with E-state index in [0.717, 1.165) is 11.6 Å². The Morgan fingerprint density at radius 1 is 0.923 bits per heavy atom. The van der Waals surface area contributed by atoms with Gasteiger partial charge in [0.25, 0.3) is 10.0 Å². The summed E-state index contributed by atoms with van der Waals surface area (Å²) in [7, 11) is -2.36. The maximum absolute atomic E-state index is 13.6. The molecule has 0 atom stereocenters. The Morgan fingerprint density at radius 3 is 2.23 bits per heavy atom. The molecule has 3 aromatic rings. The zero-order valence-electron chi connectivity index (χ0n) is 14.2. The smallest absolute Gasteiger partial charge is 0.264 e. The molecule has 0 radical (unpaired) electrons. The second-order valence-electron chi connectivity index (χ2n) is 5.65. The quantitative estimate of drug-likeness (QED) is 0.651. The Balaban J connectivity index is 2.03. The zero-order valence-corrected chi connectivity index (χ0v) is 15.0. The Kier molecular flexibility index (Phi) is 5.23. The van der Waals surface area contributed by atoms with Gasteiger partial charge in [-0.2, -0.15) is 0 Å². The van der Waals surface area contributed by atoms with Gasteiger partial charge in [0, 0.05) is 0 Å². The molecule has 0 N–H and O–H groups in total. The standard InChI is InChI=1S/C20H18FNO3S/c1-25-19-12-10-16(11-13-19)15-22(18-7-3-2-4-8-18)26(23,24)20-9-5-6-17(21)14-20/h2-14H,15H2,1H3. The maximum atomic E-state index is 13.6. The van der Waals surface area contributed by atoms with Crippen molar-refractivity contribution in [2.75, 3.05) is 11.4 Å². The third-order valence-electron chi connectivity index (χ3n) is 3.91. The minimum Gasteiger partial charge on any atom is -0.497 e. The summed E-state index contributed by atoms with van der Waals surface area (Å²) >= 11 is 0. The highest BCUT2D eigenvalue weighted by molar-refractivity contribution is 7.92. The van der Waals surface area contributed by atoms with Crippen molar-refractivity contribution in [1.29, 1.82) is 0 Å². The first kappa shape index (κ1) is 17.9. The summed E-state index contributed by atoms with van der Waals surface area (Å²) in [6, 6.07) is 20.9. The Hall–Kier alpha value is -2.86. The second kappa shape index (κ2) is 7.58. The molecule has 0 aliphatic carbocycles. The molecule has 3 rings (SSSR count). The van der Waals surface area contributed by atoms with Crippen molar-refractivity contribution in [2.45, 2.75) is 11.4 Å². The summed E-state index contributed by atoms with van der Waals surface area (Å²) in [5.41, 5.74) is 1.29. The van der Waals surface area contributed by atoms with Gasteiger partial charge in [-0.05, 0) is 48.0 Å². The summed E-state index contributed by atoms with van der Waals surface area (Å²) in [6.45, 7) is 0.118. The first-order valence-corrected chi connectivity index (χ1v) is 9.41. The molecule has 0 spiro atoms. The highest BCUT2D eigenvalue weighted by Crippen LogP contribution is 2.26. The van der Waals surface area contributed by atoms with Crippen molar-refractivity contribution in [3.05, 3.63) is 90.2 Å². The number of halogens is 1. The third kappa shape index (κ3) is 3.86. The molecule has 0 aromatic heterocycles. The average Bonchev–Trinajstić information content (AvgIpc) is 2.67. The number of para-hydroxylation sites is 1. The molecule has 0 heterocycles. The van der Waals surface area contributed by atoms with Crippen molar-refractivity contribution in [2.24, 2.45) is 0 Å². The van der Waals surface area contributed by atoms with E-state index in [1.807, 2.05) is 6.07 Å². The summed E-state index contributed by atoms with van der Waals surface area (Å²) in [5, 5.41) is 0. The Bertz CT molecular complexity index is 973. The van der Waals surface area contributed by atoms with Gasteiger partial charge in [0.05, 0.1) is 24.2 Å². The van der Waals surface area contributed by atoms with E-state index in [1.165, 1.54) is 22.5 Å². The molecule has 4 nitrogen and oxygen atoms in total. The van der Waals surface area contributed by atoms with Crippen LogP contribution in [0, 0.1) is 5.82 Å². The van der Waals surface area contributed by atoms with Crippen LogP contribution < -0.4 is 9.04 Å². The summed E-state index contributed by atoms with van der Waals surface area (Å²) in [5.74, 6) is 0.0940. The normalized spacial score (nSPS) is 11.2. The molecule has 6 heteroatoms. The second-order valence-corrected chi connectivity index (χ2v) is 7.51. The van der Waals surface area contributed by atoms with Gasteiger partial charge >= 0.3 is 0 Å². The lowest BCUT2D eigenvalue weighted by Gasteiger charge is -2.25. The van der Waals surface area contributed by atoms with Crippen LogP contribution in [0.1, 0.15) is 5.56 Å². The lowest BCUT2D eigenvalue weighted by atomic mass is 10.2. The van der Waals surface area contributed by atoms with E-state index >= 15 is 0 Å². The van der Waals surface area contributed by atoms with Crippen molar-refractivity contribution >= 4 is 15.7 Å². The van der Waals surface area contributed by atoms with E-state index in [-0.39, 0.29) is 11.4 Å². The number of rotatable bonds is 6. The van der Waals surface area contributed by atoms with Crippen molar-refractivity contribution in [3.63, 3.8) is 0 Å². The number of anilines is 1. The molecular formula is C20H18FNO3S. The number of sulfonamides is 1. The molecule has 0 saturated carbocycles. The van der Waals surface area contributed by atoms with E-state index in [1.54, 1.807) is 55.6 Å². The predicted molar refractivity (Wildman–Crippen MR) is 99.2 cm³/mol. The van der Waals surface area contributed by atoms with Crippen LogP contribution >= 0.6 is 0 Å². The molecular weight excluding hydrogens is 353 g/mol. The lowest BCUT2D eigenvalue weighted by Crippen LogP contribution is -2.30. The minimum absolute atomic E-state index is 0.0881. The van der Waals surface area contributed by atoms with E-state index in [4.69, 9.17) is 4.74 Å². The fourth-order valence-corrected chi connectivity index (χ4v) is 4.05. The fourth-order valence-electron chi connectivity index (χ4n) is 2.56. The first-order valence-electron chi connectivity index (χ1n) is 7.97. The molecule has 0 aliphatic heterocycles. The molecule has 134 valence electrons. The molecule has 0 fully saturated rings. The lowest BCUT2D eigenvalue weighted by molar-refractivity contribution is 0.414. The molecule has 0 saturated heterocycles. The topological polar surface area (TPSA) is 46.6 Å². The number of hydrogen-bond donors (Lipinski definition) is 0. The Morgan fingerprint density at radius 2 is 1.62 bits per heavy atom. The van der Waals surface area contributed by atoms with Gasteiger partial charge in [-0.25, -0.2) is 12.8 Å². The monoisotopic (exact) mass is 371 g/mol. The van der Waals surface area contributed by atoms with Gasteiger partial charge in [-0.1, -0.05) is 36.4 Å². The molecule has 0 unspecified atom stereocenters. The van der Waals surface area contributed by atoms with Crippen LogP contribution in [-0.4, -0.2) is 15.5 Å². The SMILES string of the molecule is COc1ccc(CN(c2ccccc2)S(=O)(=O)c2cccc(F)c2)cc1. The largest absolute Gasteiger partial charge is 0.497 e. The van der Waals surface area contributed by atoms with Gasteiger partial charge in [0.15, 0.2) is 0 Å². The number of hydrogen-bond acceptors (Lipinski definition) is 3. The van der Waals surface area contributed by atoms with E-state index in [9.17, 15) is 12.8 Å². The van der Waals surface area contributed by atoms with Gasteiger partial charge < -0.3 is 4.74 Å². The van der Waals surface area contributed by atoms with Crippen LogP contribution in [0.4, 0.5) is 10.1 Å². The Labute approximate surface area is 152 Å². The minimum atomic E-state index is -3.93. The van der Waals surface area contributed by atoms with Crippen molar-refractivity contribution in [1.82, 2.24) is 0 Å². The van der Waals surface area contributed by atoms with Crippen molar-refractivity contribution in [3.8, 4) is 5.75 Å². The van der Waals surface area contributed by atoms with E-state index in [2.05, 4.69) is 0 Å². The summed E-state index contributed by atoms with van der Waals surface area (Å²) in [6.07, 6.45) is 0. The first-order chi connectivity index (χ1) is 12.5. The predicted octanol–water partition coefficient (Wildman–Crippen LogP) is 4.23. The molecule has 0 aliphatic rings. The summed E-state index contributed by atoms with van der Waals surface area (Å²) < 4.78 is 46.3. The maximum Gasteiger partial charge on any atom is 0.264 e. The molecule has 0 amide bonds. The van der Waals surface area contributed by atoms with Crippen LogP contribution in [0.2, 0.25) is 0 Å². The highest BCUT2D eigenvalue weighted by Gasteiger charge is 2.25. The number of methoxy groups -OCH3 is 1. The highest BCUT2D eigenvalue weighted by atomic mass is 32.2. The van der Waals surface area contributed by atoms with Crippen LogP contribution in [0.3, 0.4) is 0 Å². The number of ether oxygens (including phenoxy) is 1. The van der Waals surface area contributed by atoms with E-state index in [0.29, 0.717) is 11.4 Å². The number of benzene rings is 3. The summed E-state index contributed by atoms with van der Waals surface area (Å²) in [4.78, 5) is -0.0881. The average molecular weight is 371 g/mol. The van der Waals surface area contributed by atoms with Gasteiger partial charge in [0.1, 0.15) is 11.6 Å². The molecule has 26 heavy (non-hydrogen) atoms.